The van der Waals surface area contributed by atoms with Gasteiger partial charge in [0.1, 0.15) is 6.04 Å². The Hall–Kier alpha value is -4.17. The number of urea groups is 1. The van der Waals surface area contributed by atoms with Gasteiger partial charge in [-0.25, -0.2) is 4.79 Å². The fourth-order valence-corrected chi connectivity index (χ4v) is 4.91. The number of hydrogen-bond acceptors (Lipinski definition) is 4. The highest BCUT2D eigenvalue weighted by atomic mass is 16.2. The van der Waals surface area contributed by atoms with E-state index in [9.17, 15) is 14.4 Å². The molecule has 0 aliphatic carbocycles. The number of nitrogens with zero attached hydrogens (tertiary/aromatic N) is 1. The molecule has 1 heterocycles. The van der Waals surface area contributed by atoms with Crippen molar-refractivity contribution in [3.8, 4) is 11.1 Å². The molecule has 3 aromatic carbocycles. The van der Waals surface area contributed by atoms with Crippen LogP contribution in [0.25, 0.3) is 11.1 Å². The van der Waals surface area contributed by atoms with E-state index in [1.165, 1.54) is 0 Å². The van der Waals surface area contributed by atoms with Gasteiger partial charge in [-0.2, -0.15) is 0 Å². The number of carbonyl (C=O) groups is 3. The van der Waals surface area contributed by atoms with Crippen molar-refractivity contribution in [3.63, 3.8) is 0 Å². The highest BCUT2D eigenvalue weighted by Gasteiger charge is 2.32. The molecule has 0 saturated heterocycles. The largest absolute Gasteiger partial charge is 0.343 e. The second kappa shape index (κ2) is 13.3. The third-order valence-electron chi connectivity index (χ3n) is 7.29. The number of amides is 4. The van der Waals surface area contributed by atoms with Crippen LogP contribution in [0, 0.1) is 5.92 Å². The quantitative estimate of drug-likeness (QED) is 0.326. The number of nitrogens with one attached hydrogen (secondary N) is 3. The molecular weight excluding hydrogens is 502 g/mol. The van der Waals surface area contributed by atoms with Gasteiger partial charge in [-0.1, -0.05) is 80.6 Å². The molecule has 8 heteroatoms. The molecule has 0 bridgehead atoms. The van der Waals surface area contributed by atoms with Crippen LogP contribution in [-0.2, 0) is 29.1 Å². The molecule has 0 saturated carbocycles. The number of anilines is 1. The summed E-state index contributed by atoms with van der Waals surface area (Å²) in [6.07, 6.45) is 1.20. The summed E-state index contributed by atoms with van der Waals surface area (Å²) in [7, 11) is 0. The Morgan fingerprint density at radius 2 is 1.68 bits per heavy atom. The molecule has 8 nitrogen and oxygen atoms in total. The Balaban J connectivity index is 1.55. The Morgan fingerprint density at radius 1 is 0.975 bits per heavy atom. The van der Waals surface area contributed by atoms with Gasteiger partial charge in [0.25, 0.3) is 0 Å². The van der Waals surface area contributed by atoms with Crippen molar-refractivity contribution in [2.75, 3.05) is 11.4 Å². The summed E-state index contributed by atoms with van der Waals surface area (Å²) in [5.74, 6) is -0.467. The van der Waals surface area contributed by atoms with Crippen molar-refractivity contribution in [3.05, 3.63) is 89.5 Å². The fourth-order valence-electron chi connectivity index (χ4n) is 4.91. The van der Waals surface area contributed by atoms with Gasteiger partial charge in [0.2, 0.25) is 11.8 Å². The summed E-state index contributed by atoms with van der Waals surface area (Å²) in [5.41, 5.74) is 12.0. The lowest BCUT2D eigenvalue weighted by Gasteiger charge is -2.27. The first-order valence-electron chi connectivity index (χ1n) is 13.9. The molecule has 1 unspecified atom stereocenters. The van der Waals surface area contributed by atoms with E-state index in [-0.39, 0.29) is 23.8 Å². The molecule has 210 valence electrons. The Morgan fingerprint density at radius 3 is 2.40 bits per heavy atom. The lowest BCUT2D eigenvalue weighted by atomic mass is 9.98. The number of fused-ring (bicyclic) bond motifs is 1. The van der Waals surface area contributed by atoms with E-state index in [0.29, 0.717) is 32.5 Å². The second-order valence-electron chi connectivity index (χ2n) is 10.5. The summed E-state index contributed by atoms with van der Waals surface area (Å²) >= 11 is 0. The van der Waals surface area contributed by atoms with E-state index in [4.69, 9.17) is 5.73 Å². The summed E-state index contributed by atoms with van der Waals surface area (Å²) in [6.45, 7) is 7.02. The van der Waals surface area contributed by atoms with Crippen LogP contribution in [0.4, 0.5) is 10.5 Å². The van der Waals surface area contributed by atoms with Crippen LogP contribution in [0.2, 0.25) is 0 Å². The first-order chi connectivity index (χ1) is 19.3. The average Bonchev–Trinajstić information content (AvgIpc) is 3.08. The van der Waals surface area contributed by atoms with Gasteiger partial charge < -0.3 is 26.6 Å². The summed E-state index contributed by atoms with van der Waals surface area (Å²) in [6, 6.07) is 22.5. The standard InChI is InChI=1S/C32H39N5O3/c1-4-34-32(40)35-19-25-10-5-7-11-26(25)23-15-13-22(14-16-23)20-37-28-12-8-6-9-24(28)17-18-27(31(37)39)36-30(38)29(33)21(2)3/h5-16,21,27,29H,4,17-20,33H2,1-3H3,(H,36,38)(H2,34,35,40)/t27-,29?/m1/s1. The SMILES string of the molecule is CCNC(=O)NCc1ccccc1-c1ccc(CN2C(=O)[C@H](NC(=O)C(N)C(C)C)CCc3ccccc32)cc1. The van der Waals surface area contributed by atoms with E-state index in [1.54, 1.807) is 4.90 Å². The van der Waals surface area contributed by atoms with E-state index in [1.807, 2.05) is 93.6 Å². The minimum Gasteiger partial charge on any atom is -0.343 e. The van der Waals surface area contributed by atoms with E-state index < -0.39 is 12.1 Å². The molecule has 4 rings (SSSR count). The lowest BCUT2D eigenvalue weighted by Crippen LogP contribution is -2.53. The minimum atomic E-state index is -0.668. The number of aryl methyl sites for hydroxylation is 1. The zero-order valence-electron chi connectivity index (χ0n) is 23.4. The molecular formula is C32H39N5O3. The van der Waals surface area contributed by atoms with Gasteiger partial charge in [-0.05, 0) is 59.6 Å². The van der Waals surface area contributed by atoms with E-state index >= 15 is 0 Å². The highest BCUT2D eigenvalue weighted by Crippen LogP contribution is 2.30. The number of nitrogens with two attached hydrogens (primary N) is 1. The molecule has 3 aromatic rings. The van der Waals surface area contributed by atoms with E-state index in [0.717, 1.165) is 33.5 Å². The first-order valence-corrected chi connectivity index (χ1v) is 13.9. The summed E-state index contributed by atoms with van der Waals surface area (Å²) in [4.78, 5) is 40.2. The molecule has 0 radical (unpaired) electrons. The zero-order chi connectivity index (χ0) is 28.6. The van der Waals surface area contributed by atoms with Gasteiger partial charge in [0.15, 0.2) is 0 Å². The van der Waals surface area contributed by atoms with Crippen molar-refractivity contribution in [2.45, 2.75) is 58.8 Å². The van der Waals surface area contributed by atoms with Crippen LogP contribution in [0.3, 0.4) is 0 Å². The van der Waals surface area contributed by atoms with Gasteiger partial charge in [0, 0.05) is 18.8 Å². The molecule has 4 amide bonds. The van der Waals surface area contributed by atoms with Crippen molar-refractivity contribution in [1.29, 1.82) is 0 Å². The number of benzene rings is 3. The number of rotatable bonds is 9. The maximum Gasteiger partial charge on any atom is 0.315 e. The topological polar surface area (TPSA) is 117 Å². The summed E-state index contributed by atoms with van der Waals surface area (Å²) < 4.78 is 0. The number of para-hydroxylation sites is 1. The van der Waals surface area contributed by atoms with Gasteiger partial charge in [0.05, 0.1) is 12.6 Å². The molecule has 0 aromatic heterocycles. The van der Waals surface area contributed by atoms with Crippen LogP contribution in [0.5, 0.6) is 0 Å². The van der Waals surface area contributed by atoms with E-state index in [2.05, 4.69) is 16.0 Å². The van der Waals surface area contributed by atoms with Gasteiger partial charge in [-0.3, -0.25) is 9.59 Å². The number of hydrogen-bond donors (Lipinski definition) is 4. The van der Waals surface area contributed by atoms with Crippen molar-refractivity contribution in [2.24, 2.45) is 11.7 Å². The maximum atomic E-state index is 13.8. The molecule has 5 N–H and O–H groups in total. The van der Waals surface area contributed by atoms with Crippen LogP contribution < -0.4 is 26.6 Å². The third-order valence-corrected chi connectivity index (χ3v) is 7.29. The van der Waals surface area contributed by atoms with Crippen LogP contribution in [0.1, 0.15) is 43.9 Å². The van der Waals surface area contributed by atoms with Gasteiger partial charge in [-0.15, -0.1) is 0 Å². The average molecular weight is 542 g/mol. The highest BCUT2D eigenvalue weighted by molar-refractivity contribution is 6.01. The van der Waals surface area contributed by atoms with Crippen molar-refractivity contribution in [1.82, 2.24) is 16.0 Å². The van der Waals surface area contributed by atoms with Crippen molar-refractivity contribution >= 4 is 23.5 Å². The molecule has 1 aliphatic rings. The summed E-state index contributed by atoms with van der Waals surface area (Å²) in [5, 5.41) is 8.56. The predicted molar refractivity (Wildman–Crippen MR) is 158 cm³/mol. The first kappa shape index (κ1) is 28.8. The fraction of sp³-hybridized carbons (Fsp3) is 0.344. The number of carbonyl (C=O) groups excluding carboxylic acids is 3. The third kappa shape index (κ3) is 6.87. The molecule has 2 atom stereocenters. The monoisotopic (exact) mass is 541 g/mol. The van der Waals surface area contributed by atoms with Crippen LogP contribution in [0.15, 0.2) is 72.8 Å². The van der Waals surface area contributed by atoms with Crippen LogP contribution >= 0.6 is 0 Å². The zero-order valence-corrected chi connectivity index (χ0v) is 23.4. The van der Waals surface area contributed by atoms with Crippen LogP contribution in [-0.4, -0.2) is 36.5 Å². The maximum absolute atomic E-state index is 13.8. The van der Waals surface area contributed by atoms with Crippen molar-refractivity contribution < 1.29 is 14.4 Å². The minimum absolute atomic E-state index is 0.0258. The smallest absolute Gasteiger partial charge is 0.315 e. The second-order valence-corrected chi connectivity index (χ2v) is 10.5. The lowest BCUT2D eigenvalue weighted by molar-refractivity contribution is -0.129. The Labute approximate surface area is 236 Å². The Bertz CT molecular complexity index is 1340. The molecule has 0 spiro atoms. The Kier molecular flexibility index (Phi) is 9.56. The molecule has 1 aliphatic heterocycles. The predicted octanol–water partition coefficient (Wildman–Crippen LogP) is 4.12. The molecule has 40 heavy (non-hydrogen) atoms. The van der Waals surface area contributed by atoms with Gasteiger partial charge >= 0.3 is 6.03 Å². The molecule has 0 fully saturated rings. The normalized spacial score (nSPS) is 15.7.